The van der Waals surface area contributed by atoms with Crippen LogP contribution in [0.25, 0.3) is 10.9 Å². The number of rotatable bonds is 5. The Bertz CT molecular complexity index is 765. The van der Waals surface area contributed by atoms with Gasteiger partial charge in [0.2, 0.25) is 0 Å². The fourth-order valence-corrected chi connectivity index (χ4v) is 2.62. The van der Waals surface area contributed by atoms with Gasteiger partial charge in [0, 0.05) is 23.6 Å². The third-order valence-corrected chi connectivity index (χ3v) is 3.75. The fraction of sp³-hybridized carbons (Fsp3) is 0.167. The number of fused-ring (bicyclic) bond motifs is 1. The van der Waals surface area contributed by atoms with Crippen LogP contribution in [-0.2, 0) is 16.1 Å². The molecule has 22 heavy (non-hydrogen) atoms. The van der Waals surface area contributed by atoms with Crippen molar-refractivity contribution in [2.45, 2.75) is 12.6 Å². The first kappa shape index (κ1) is 14.4. The highest BCUT2D eigenvalue weighted by Gasteiger charge is 2.20. The van der Waals surface area contributed by atoms with Gasteiger partial charge in [0.25, 0.3) is 0 Å². The van der Waals surface area contributed by atoms with Crippen molar-refractivity contribution in [3.63, 3.8) is 0 Å². The van der Waals surface area contributed by atoms with E-state index < -0.39 is 6.04 Å². The number of hydrogen-bond acceptors (Lipinski definition) is 3. The van der Waals surface area contributed by atoms with E-state index in [0.717, 1.165) is 22.0 Å². The van der Waals surface area contributed by atoms with Gasteiger partial charge in [0.15, 0.2) is 0 Å². The minimum absolute atomic E-state index is 0.285. The highest BCUT2D eigenvalue weighted by atomic mass is 16.5. The summed E-state index contributed by atoms with van der Waals surface area (Å²) in [7, 11) is 1.41. The topological polar surface area (TPSA) is 54.1 Å². The van der Waals surface area contributed by atoms with E-state index in [0.29, 0.717) is 6.54 Å². The zero-order chi connectivity index (χ0) is 15.4. The molecular formula is C18H18N2O2. The van der Waals surface area contributed by atoms with Crippen molar-refractivity contribution in [1.82, 2.24) is 10.3 Å². The Morgan fingerprint density at radius 1 is 1.14 bits per heavy atom. The van der Waals surface area contributed by atoms with Gasteiger partial charge < -0.3 is 9.72 Å². The van der Waals surface area contributed by atoms with Crippen molar-refractivity contribution in [3.05, 3.63) is 71.9 Å². The Morgan fingerprint density at radius 2 is 1.95 bits per heavy atom. The number of esters is 1. The predicted molar refractivity (Wildman–Crippen MR) is 86.3 cm³/mol. The standard InChI is InChI=1S/C18H18N2O2/c1-22-18(21)17(13-6-3-2-4-7-13)20-12-14-8-5-9-16-15(14)10-11-19-16/h2-11,17,19-20H,12H2,1H3. The van der Waals surface area contributed by atoms with Gasteiger partial charge in [0.05, 0.1) is 7.11 Å². The lowest BCUT2D eigenvalue weighted by atomic mass is 10.1. The molecule has 1 aromatic heterocycles. The summed E-state index contributed by atoms with van der Waals surface area (Å²) in [5, 5.41) is 4.46. The summed E-state index contributed by atoms with van der Waals surface area (Å²) in [5.41, 5.74) is 3.13. The second-order valence-corrected chi connectivity index (χ2v) is 5.10. The molecule has 0 aliphatic rings. The van der Waals surface area contributed by atoms with Crippen LogP contribution in [0.15, 0.2) is 60.8 Å². The van der Waals surface area contributed by atoms with Gasteiger partial charge in [-0.25, -0.2) is 4.79 Å². The van der Waals surface area contributed by atoms with E-state index in [1.807, 2.05) is 54.7 Å². The largest absolute Gasteiger partial charge is 0.468 e. The van der Waals surface area contributed by atoms with Gasteiger partial charge in [0.1, 0.15) is 6.04 Å². The van der Waals surface area contributed by atoms with E-state index >= 15 is 0 Å². The summed E-state index contributed by atoms with van der Waals surface area (Å²) in [6.45, 7) is 0.587. The molecule has 2 N–H and O–H groups in total. The van der Waals surface area contributed by atoms with Crippen LogP contribution in [0.4, 0.5) is 0 Å². The number of methoxy groups -OCH3 is 1. The van der Waals surface area contributed by atoms with Crippen molar-refractivity contribution < 1.29 is 9.53 Å². The van der Waals surface area contributed by atoms with E-state index in [-0.39, 0.29) is 5.97 Å². The molecule has 0 radical (unpaired) electrons. The monoisotopic (exact) mass is 294 g/mol. The van der Waals surface area contributed by atoms with Crippen LogP contribution < -0.4 is 5.32 Å². The predicted octanol–water partition coefficient (Wildman–Crippen LogP) is 3.17. The number of nitrogens with one attached hydrogen (secondary N) is 2. The summed E-state index contributed by atoms with van der Waals surface area (Å²) >= 11 is 0. The highest BCUT2D eigenvalue weighted by molar-refractivity contribution is 5.83. The molecule has 0 fully saturated rings. The van der Waals surface area contributed by atoms with Crippen LogP contribution in [-0.4, -0.2) is 18.1 Å². The van der Waals surface area contributed by atoms with Crippen LogP contribution >= 0.6 is 0 Å². The molecule has 3 aromatic rings. The number of carbonyl (C=O) groups excluding carboxylic acids is 1. The first-order valence-corrected chi connectivity index (χ1v) is 7.21. The molecule has 1 atom stereocenters. The normalized spacial score (nSPS) is 12.2. The molecule has 4 heteroatoms. The zero-order valence-electron chi connectivity index (χ0n) is 12.4. The number of carbonyl (C=O) groups is 1. The third-order valence-electron chi connectivity index (χ3n) is 3.75. The quantitative estimate of drug-likeness (QED) is 0.711. The Balaban J connectivity index is 1.82. The molecule has 0 bridgehead atoms. The minimum Gasteiger partial charge on any atom is -0.468 e. The second kappa shape index (κ2) is 6.45. The number of hydrogen-bond donors (Lipinski definition) is 2. The van der Waals surface area contributed by atoms with E-state index in [2.05, 4.69) is 16.4 Å². The van der Waals surface area contributed by atoms with E-state index in [1.165, 1.54) is 7.11 Å². The van der Waals surface area contributed by atoms with Crippen molar-refractivity contribution >= 4 is 16.9 Å². The fourth-order valence-electron chi connectivity index (χ4n) is 2.62. The molecule has 0 saturated heterocycles. The number of benzene rings is 2. The Kier molecular flexibility index (Phi) is 4.21. The molecule has 3 rings (SSSR count). The Hall–Kier alpha value is -2.59. The smallest absolute Gasteiger partial charge is 0.327 e. The molecule has 112 valence electrons. The average Bonchev–Trinajstić information content (AvgIpc) is 3.05. The molecule has 4 nitrogen and oxygen atoms in total. The maximum absolute atomic E-state index is 12.1. The molecule has 0 aliphatic carbocycles. The number of ether oxygens (including phenoxy) is 1. The van der Waals surface area contributed by atoms with Gasteiger partial charge in [-0.2, -0.15) is 0 Å². The van der Waals surface area contributed by atoms with Crippen LogP contribution in [0.3, 0.4) is 0 Å². The summed E-state index contributed by atoms with van der Waals surface area (Å²) in [6, 6.07) is 17.3. The molecule has 0 aliphatic heterocycles. The second-order valence-electron chi connectivity index (χ2n) is 5.10. The minimum atomic E-state index is -0.472. The lowest BCUT2D eigenvalue weighted by molar-refractivity contribution is -0.143. The number of aromatic nitrogens is 1. The SMILES string of the molecule is COC(=O)C(NCc1cccc2[nH]ccc12)c1ccccc1. The molecule has 0 spiro atoms. The molecule has 0 amide bonds. The van der Waals surface area contributed by atoms with Gasteiger partial charge in [-0.15, -0.1) is 0 Å². The van der Waals surface area contributed by atoms with E-state index in [4.69, 9.17) is 4.74 Å². The van der Waals surface area contributed by atoms with Crippen molar-refractivity contribution in [3.8, 4) is 0 Å². The number of H-pyrrole nitrogens is 1. The summed E-state index contributed by atoms with van der Waals surface area (Å²) in [4.78, 5) is 15.3. The van der Waals surface area contributed by atoms with Gasteiger partial charge in [-0.1, -0.05) is 42.5 Å². The van der Waals surface area contributed by atoms with E-state index in [1.54, 1.807) is 0 Å². The van der Waals surface area contributed by atoms with E-state index in [9.17, 15) is 4.79 Å². The average molecular weight is 294 g/mol. The first-order valence-electron chi connectivity index (χ1n) is 7.21. The molecule has 0 saturated carbocycles. The summed E-state index contributed by atoms with van der Waals surface area (Å²) in [6.07, 6.45) is 1.92. The molecule has 2 aromatic carbocycles. The van der Waals surface area contributed by atoms with Crippen LogP contribution in [0.2, 0.25) is 0 Å². The Morgan fingerprint density at radius 3 is 2.73 bits per heavy atom. The van der Waals surface area contributed by atoms with Crippen LogP contribution in [0, 0.1) is 0 Å². The van der Waals surface area contributed by atoms with Crippen molar-refractivity contribution in [1.29, 1.82) is 0 Å². The van der Waals surface area contributed by atoms with Gasteiger partial charge in [-0.05, 0) is 23.3 Å². The highest BCUT2D eigenvalue weighted by Crippen LogP contribution is 2.20. The molecular weight excluding hydrogens is 276 g/mol. The van der Waals surface area contributed by atoms with Gasteiger partial charge in [-0.3, -0.25) is 5.32 Å². The third kappa shape index (κ3) is 2.87. The van der Waals surface area contributed by atoms with Crippen LogP contribution in [0.5, 0.6) is 0 Å². The first-order chi connectivity index (χ1) is 10.8. The maximum atomic E-state index is 12.1. The molecule has 1 unspecified atom stereocenters. The van der Waals surface area contributed by atoms with Crippen LogP contribution in [0.1, 0.15) is 17.2 Å². The Labute approximate surface area is 129 Å². The van der Waals surface area contributed by atoms with Crippen molar-refractivity contribution in [2.24, 2.45) is 0 Å². The zero-order valence-corrected chi connectivity index (χ0v) is 12.4. The molecule has 1 heterocycles. The van der Waals surface area contributed by atoms with Crippen molar-refractivity contribution in [2.75, 3.05) is 7.11 Å². The summed E-state index contributed by atoms with van der Waals surface area (Å²) in [5.74, 6) is -0.285. The lowest BCUT2D eigenvalue weighted by Gasteiger charge is -2.17. The summed E-state index contributed by atoms with van der Waals surface area (Å²) < 4.78 is 4.92. The lowest BCUT2D eigenvalue weighted by Crippen LogP contribution is -2.29. The number of aromatic amines is 1. The maximum Gasteiger partial charge on any atom is 0.327 e. The van der Waals surface area contributed by atoms with Gasteiger partial charge >= 0.3 is 5.97 Å².